The molecule has 0 aliphatic carbocycles. The number of benzene rings is 1. The van der Waals surface area contributed by atoms with E-state index in [4.69, 9.17) is 4.74 Å². The number of hydrogen-bond donors (Lipinski definition) is 2. The molecule has 0 bridgehead atoms. The van der Waals surface area contributed by atoms with Gasteiger partial charge in [0.15, 0.2) is 0 Å². The van der Waals surface area contributed by atoms with Crippen molar-refractivity contribution in [3.8, 4) is 5.69 Å². The Bertz CT molecular complexity index is 649. The number of ether oxygens (including phenoxy) is 1. The van der Waals surface area contributed by atoms with Crippen LogP contribution in [-0.4, -0.2) is 42.5 Å². The van der Waals surface area contributed by atoms with Crippen molar-refractivity contribution >= 4 is 24.0 Å². The van der Waals surface area contributed by atoms with Gasteiger partial charge in [-0.25, -0.2) is 4.68 Å². The second-order valence-corrected chi connectivity index (χ2v) is 5.92. The van der Waals surface area contributed by atoms with Gasteiger partial charge in [0, 0.05) is 25.2 Å². The second kappa shape index (κ2) is 8.28. The van der Waals surface area contributed by atoms with Crippen LogP contribution >= 0.6 is 12.4 Å². The molecule has 0 radical (unpaired) electrons. The minimum atomic E-state index is -0.457. The lowest BCUT2D eigenvalue weighted by atomic mass is 9.78. The molecule has 0 spiro atoms. The second-order valence-electron chi connectivity index (χ2n) is 5.92. The van der Waals surface area contributed by atoms with Crippen molar-refractivity contribution in [2.45, 2.75) is 12.8 Å². The molecule has 2 aromatic rings. The zero-order valence-electron chi connectivity index (χ0n) is 13.7. The fourth-order valence-corrected chi connectivity index (χ4v) is 3.03. The van der Waals surface area contributed by atoms with Crippen LogP contribution in [0, 0.1) is 5.41 Å². The molecule has 6 nitrogen and oxygen atoms in total. The van der Waals surface area contributed by atoms with E-state index in [1.54, 1.807) is 18.0 Å². The number of piperidine rings is 1. The molecule has 1 aromatic heterocycles. The Hall–Kier alpha value is -1.89. The molecule has 1 fully saturated rings. The van der Waals surface area contributed by atoms with Crippen LogP contribution in [0.4, 0.5) is 5.69 Å². The smallest absolute Gasteiger partial charge is 0.233 e. The number of aromatic nitrogens is 2. The summed E-state index contributed by atoms with van der Waals surface area (Å²) in [5.74, 6) is 0.0264. The van der Waals surface area contributed by atoms with Crippen LogP contribution in [0.3, 0.4) is 0 Å². The Morgan fingerprint density at radius 3 is 2.83 bits per heavy atom. The highest BCUT2D eigenvalue weighted by Crippen LogP contribution is 2.31. The van der Waals surface area contributed by atoms with Crippen LogP contribution in [0.2, 0.25) is 0 Å². The predicted molar refractivity (Wildman–Crippen MR) is 95.9 cm³/mol. The number of halogens is 1. The van der Waals surface area contributed by atoms with E-state index in [0.717, 1.165) is 37.3 Å². The lowest BCUT2D eigenvalue weighted by molar-refractivity contribution is -0.130. The van der Waals surface area contributed by atoms with Gasteiger partial charge in [-0.3, -0.25) is 4.79 Å². The maximum Gasteiger partial charge on any atom is 0.233 e. The molecule has 24 heavy (non-hydrogen) atoms. The highest BCUT2D eigenvalue weighted by Gasteiger charge is 2.39. The Morgan fingerprint density at radius 2 is 2.17 bits per heavy atom. The summed E-state index contributed by atoms with van der Waals surface area (Å²) in [5.41, 5.74) is 1.23. The molecule has 0 saturated carbocycles. The molecule has 1 aromatic carbocycles. The van der Waals surface area contributed by atoms with Crippen molar-refractivity contribution in [1.29, 1.82) is 0 Å². The van der Waals surface area contributed by atoms with Gasteiger partial charge in [-0.05, 0) is 50.2 Å². The Balaban J connectivity index is 0.00000208. The van der Waals surface area contributed by atoms with Gasteiger partial charge in [-0.15, -0.1) is 12.4 Å². The number of amides is 1. The number of rotatable bonds is 5. The van der Waals surface area contributed by atoms with E-state index in [1.807, 2.05) is 36.5 Å². The number of nitrogens with zero attached hydrogens (tertiary/aromatic N) is 2. The van der Waals surface area contributed by atoms with Crippen molar-refractivity contribution < 1.29 is 9.53 Å². The summed E-state index contributed by atoms with van der Waals surface area (Å²) in [6, 6.07) is 9.56. The van der Waals surface area contributed by atoms with Gasteiger partial charge in [0.2, 0.25) is 5.91 Å². The molecule has 1 aliphatic rings. The van der Waals surface area contributed by atoms with Crippen LogP contribution in [0.5, 0.6) is 0 Å². The summed E-state index contributed by atoms with van der Waals surface area (Å²) >= 11 is 0. The van der Waals surface area contributed by atoms with Crippen LogP contribution < -0.4 is 10.6 Å². The van der Waals surface area contributed by atoms with Crippen LogP contribution in [0.1, 0.15) is 12.8 Å². The number of hydrogen-bond acceptors (Lipinski definition) is 4. The normalized spacial score (nSPS) is 16.2. The third-order valence-electron chi connectivity index (χ3n) is 4.34. The highest BCUT2D eigenvalue weighted by molar-refractivity contribution is 5.95. The summed E-state index contributed by atoms with van der Waals surface area (Å²) in [7, 11) is 1.65. The molecule has 0 unspecified atom stereocenters. The number of methoxy groups -OCH3 is 1. The topological polar surface area (TPSA) is 68.2 Å². The maximum absolute atomic E-state index is 12.8. The molecule has 1 saturated heterocycles. The molecule has 3 rings (SSSR count). The fourth-order valence-electron chi connectivity index (χ4n) is 3.03. The molecular weight excluding hydrogens is 328 g/mol. The average Bonchev–Trinajstić information content (AvgIpc) is 3.11. The first kappa shape index (κ1) is 18.4. The SMILES string of the molecule is COCC1(C(=O)Nc2cccc(-n3cccn3)c2)CCNCC1.Cl. The van der Waals surface area contributed by atoms with Crippen LogP contribution in [0.25, 0.3) is 5.69 Å². The predicted octanol–water partition coefficient (Wildman–Crippen LogP) is 2.25. The van der Waals surface area contributed by atoms with Gasteiger partial charge < -0.3 is 15.4 Å². The third-order valence-corrected chi connectivity index (χ3v) is 4.34. The number of carbonyl (C=O) groups is 1. The van der Waals surface area contributed by atoms with Crippen molar-refractivity contribution in [2.24, 2.45) is 5.41 Å². The van der Waals surface area contributed by atoms with Crippen molar-refractivity contribution in [3.05, 3.63) is 42.7 Å². The van der Waals surface area contributed by atoms with Gasteiger partial charge >= 0.3 is 0 Å². The van der Waals surface area contributed by atoms with Crippen molar-refractivity contribution in [3.63, 3.8) is 0 Å². The Morgan fingerprint density at radius 1 is 1.38 bits per heavy atom. The summed E-state index contributed by atoms with van der Waals surface area (Å²) in [6.45, 7) is 2.12. The van der Waals surface area contributed by atoms with Crippen molar-refractivity contribution in [2.75, 3.05) is 32.1 Å². The minimum absolute atomic E-state index is 0. The fraction of sp³-hybridized carbons (Fsp3) is 0.412. The van der Waals surface area contributed by atoms with Crippen LogP contribution in [-0.2, 0) is 9.53 Å². The molecule has 0 atom stereocenters. The van der Waals surface area contributed by atoms with Crippen molar-refractivity contribution in [1.82, 2.24) is 15.1 Å². The largest absolute Gasteiger partial charge is 0.384 e. The third kappa shape index (κ3) is 3.95. The summed E-state index contributed by atoms with van der Waals surface area (Å²) < 4.78 is 7.09. The first-order chi connectivity index (χ1) is 11.2. The van der Waals surface area contributed by atoms with Gasteiger partial charge in [-0.2, -0.15) is 5.10 Å². The summed E-state index contributed by atoms with van der Waals surface area (Å²) in [6.07, 6.45) is 5.17. The molecular formula is C17H23ClN4O2. The van der Waals surface area contributed by atoms with E-state index in [0.29, 0.717) is 6.61 Å². The lowest BCUT2D eigenvalue weighted by Crippen LogP contribution is -2.47. The maximum atomic E-state index is 12.8. The number of carbonyl (C=O) groups excluding carboxylic acids is 1. The van der Waals surface area contributed by atoms with E-state index in [1.165, 1.54) is 0 Å². The van der Waals surface area contributed by atoms with E-state index in [9.17, 15) is 4.79 Å². The molecule has 1 amide bonds. The van der Waals surface area contributed by atoms with E-state index in [-0.39, 0.29) is 18.3 Å². The van der Waals surface area contributed by atoms with Gasteiger partial charge in [-0.1, -0.05) is 6.07 Å². The molecule has 2 N–H and O–H groups in total. The first-order valence-corrected chi connectivity index (χ1v) is 7.85. The summed E-state index contributed by atoms with van der Waals surface area (Å²) in [4.78, 5) is 12.8. The van der Waals surface area contributed by atoms with Crippen LogP contribution in [0.15, 0.2) is 42.7 Å². The van der Waals surface area contributed by atoms with E-state index in [2.05, 4.69) is 15.7 Å². The minimum Gasteiger partial charge on any atom is -0.384 e. The van der Waals surface area contributed by atoms with Gasteiger partial charge in [0.1, 0.15) is 0 Å². The molecule has 2 heterocycles. The van der Waals surface area contributed by atoms with Gasteiger partial charge in [0.05, 0.1) is 17.7 Å². The number of anilines is 1. The Labute approximate surface area is 148 Å². The standard InChI is InChI=1S/C17H22N4O2.ClH/c1-23-13-17(6-9-18-10-7-17)16(22)20-14-4-2-5-15(12-14)21-11-3-8-19-21;/h2-5,8,11-12,18H,6-7,9-10,13H2,1H3,(H,20,22);1H. The van der Waals surface area contributed by atoms with Gasteiger partial charge in [0.25, 0.3) is 0 Å². The lowest BCUT2D eigenvalue weighted by Gasteiger charge is -2.35. The quantitative estimate of drug-likeness (QED) is 0.867. The summed E-state index contributed by atoms with van der Waals surface area (Å²) in [5, 5.41) is 10.6. The molecule has 130 valence electrons. The zero-order valence-corrected chi connectivity index (χ0v) is 14.5. The van der Waals surface area contributed by atoms with E-state index >= 15 is 0 Å². The highest BCUT2D eigenvalue weighted by atomic mass is 35.5. The zero-order chi connectivity index (χ0) is 16.1. The Kier molecular flexibility index (Phi) is 6.36. The molecule has 1 aliphatic heterocycles. The molecule has 7 heteroatoms. The average molecular weight is 351 g/mol. The monoisotopic (exact) mass is 350 g/mol. The first-order valence-electron chi connectivity index (χ1n) is 7.85. The van der Waals surface area contributed by atoms with E-state index < -0.39 is 5.41 Å². The number of nitrogens with one attached hydrogen (secondary N) is 2.